The minimum absolute atomic E-state index is 0.152. The Morgan fingerprint density at radius 3 is 1.50 bits per heavy atom. The number of hydrogen-bond acceptors (Lipinski definition) is 6. The van der Waals surface area contributed by atoms with Crippen molar-refractivity contribution in [2.45, 2.75) is 0 Å². The second-order valence-corrected chi connectivity index (χ2v) is 4.00. The molecule has 0 bridgehead atoms. The van der Waals surface area contributed by atoms with E-state index in [1.807, 2.05) is 36.4 Å². The third kappa shape index (κ3) is 7.14. The second kappa shape index (κ2) is 10.0. The topological polar surface area (TPSA) is 71.1 Å². The molecule has 0 aromatic heterocycles. The first-order valence-corrected chi connectivity index (χ1v) is 6.50. The lowest BCUT2D eigenvalue weighted by molar-refractivity contribution is 0.0810. The normalized spacial score (nSPS) is 10.6. The van der Waals surface area contributed by atoms with Gasteiger partial charge in [-0.15, -0.1) is 0 Å². The van der Waals surface area contributed by atoms with Crippen LogP contribution in [0.25, 0.3) is 12.2 Å². The van der Waals surface area contributed by atoms with E-state index in [9.17, 15) is 9.59 Å². The molecule has 0 saturated heterocycles. The van der Waals surface area contributed by atoms with Gasteiger partial charge in [-0.25, -0.2) is 9.59 Å². The molecule has 0 atom stereocenters. The molecule has 1 aromatic rings. The minimum Gasteiger partial charge on any atom is -0.438 e. The molecule has 1 aromatic carbocycles. The number of ether oxygens (including phenoxy) is 4. The minimum atomic E-state index is -0.709. The Morgan fingerprint density at radius 2 is 1.18 bits per heavy atom. The molecule has 1 rings (SSSR count). The van der Waals surface area contributed by atoms with Crippen LogP contribution in [0, 0.1) is 0 Å². The van der Waals surface area contributed by atoms with E-state index in [0.717, 1.165) is 11.1 Å². The average Bonchev–Trinajstić information content (AvgIpc) is 2.56. The summed E-state index contributed by atoms with van der Waals surface area (Å²) in [6, 6.07) is 7.65. The second-order valence-electron chi connectivity index (χ2n) is 4.00. The summed E-state index contributed by atoms with van der Waals surface area (Å²) in [5, 5.41) is 0. The summed E-state index contributed by atoms with van der Waals surface area (Å²) in [5.41, 5.74) is 1.94. The first-order valence-electron chi connectivity index (χ1n) is 6.50. The van der Waals surface area contributed by atoms with Crippen molar-refractivity contribution in [2.75, 3.05) is 27.4 Å². The molecule has 22 heavy (non-hydrogen) atoms. The molecule has 0 N–H and O–H groups in total. The lowest BCUT2D eigenvalue weighted by Crippen LogP contribution is -2.03. The maximum atomic E-state index is 10.7. The van der Waals surface area contributed by atoms with E-state index in [1.54, 1.807) is 12.2 Å². The Kier molecular flexibility index (Phi) is 7.89. The van der Waals surface area contributed by atoms with Gasteiger partial charge in [0, 0.05) is 0 Å². The molecule has 6 heteroatoms. The number of carbonyl (C=O) groups excluding carboxylic acids is 2. The summed E-state index contributed by atoms with van der Waals surface area (Å²) in [5.74, 6) is 0. The zero-order valence-electron chi connectivity index (χ0n) is 12.5. The maximum Gasteiger partial charge on any atom is 0.508 e. The highest BCUT2D eigenvalue weighted by molar-refractivity contribution is 5.61. The molecule has 0 aliphatic carbocycles. The van der Waals surface area contributed by atoms with Crippen molar-refractivity contribution >= 4 is 24.5 Å². The van der Waals surface area contributed by atoms with Crippen LogP contribution in [0.1, 0.15) is 11.1 Å². The van der Waals surface area contributed by atoms with Crippen LogP contribution in [0.15, 0.2) is 36.4 Å². The molecule has 0 amide bonds. The highest BCUT2D eigenvalue weighted by atomic mass is 16.7. The lowest BCUT2D eigenvalue weighted by atomic mass is 10.1. The number of carbonyl (C=O) groups is 2. The van der Waals surface area contributed by atoms with Crippen molar-refractivity contribution in [1.29, 1.82) is 0 Å². The summed E-state index contributed by atoms with van der Waals surface area (Å²) in [7, 11) is 2.52. The van der Waals surface area contributed by atoms with Gasteiger partial charge in [-0.1, -0.05) is 36.4 Å². The van der Waals surface area contributed by atoms with Crippen LogP contribution < -0.4 is 0 Å². The smallest absolute Gasteiger partial charge is 0.438 e. The maximum absolute atomic E-state index is 10.7. The predicted molar refractivity (Wildman–Crippen MR) is 81.2 cm³/mol. The molecular weight excluding hydrogens is 288 g/mol. The third-order valence-corrected chi connectivity index (χ3v) is 2.49. The van der Waals surface area contributed by atoms with Crippen molar-refractivity contribution < 1.29 is 28.5 Å². The Bertz CT molecular complexity index is 481. The van der Waals surface area contributed by atoms with Crippen molar-refractivity contribution in [3.05, 3.63) is 47.5 Å². The van der Waals surface area contributed by atoms with Crippen LogP contribution in [0.2, 0.25) is 0 Å². The quantitative estimate of drug-likeness (QED) is 0.751. The first kappa shape index (κ1) is 17.3. The van der Waals surface area contributed by atoms with Crippen LogP contribution in [0.3, 0.4) is 0 Å². The predicted octanol–water partition coefficient (Wildman–Crippen LogP) is 3.28. The standard InChI is InChI=1S/C16H18O6/c1-19-15(17)21-11-3-5-13-7-9-14(10-8-13)6-4-12-22-16(18)20-2/h3-10H,11-12H2,1-2H3/b5-3+,6-4+. The van der Waals surface area contributed by atoms with Gasteiger partial charge in [0.05, 0.1) is 14.2 Å². The Hall–Kier alpha value is -2.76. The summed E-state index contributed by atoms with van der Waals surface area (Å²) < 4.78 is 18.1. The number of hydrogen-bond donors (Lipinski definition) is 0. The molecule has 0 saturated carbocycles. The van der Waals surface area contributed by atoms with Crippen LogP contribution in [0.5, 0.6) is 0 Å². The molecule has 6 nitrogen and oxygen atoms in total. The van der Waals surface area contributed by atoms with Gasteiger partial charge in [0.25, 0.3) is 0 Å². The number of rotatable bonds is 6. The molecule has 0 aliphatic heterocycles. The van der Waals surface area contributed by atoms with Gasteiger partial charge < -0.3 is 18.9 Å². The highest BCUT2D eigenvalue weighted by Crippen LogP contribution is 2.08. The average molecular weight is 306 g/mol. The van der Waals surface area contributed by atoms with Gasteiger partial charge in [-0.3, -0.25) is 0 Å². The van der Waals surface area contributed by atoms with Crippen LogP contribution in [0.4, 0.5) is 9.59 Å². The highest BCUT2D eigenvalue weighted by Gasteiger charge is 1.97. The fraction of sp³-hybridized carbons (Fsp3) is 0.250. The fourth-order valence-corrected chi connectivity index (χ4v) is 1.44. The molecule has 0 heterocycles. The van der Waals surface area contributed by atoms with E-state index in [2.05, 4.69) is 9.47 Å². The Labute approximate surface area is 128 Å². The monoisotopic (exact) mass is 306 g/mol. The number of benzene rings is 1. The molecule has 0 unspecified atom stereocenters. The van der Waals surface area contributed by atoms with Crippen molar-refractivity contribution in [2.24, 2.45) is 0 Å². The van der Waals surface area contributed by atoms with E-state index in [0.29, 0.717) is 0 Å². The third-order valence-electron chi connectivity index (χ3n) is 2.49. The van der Waals surface area contributed by atoms with E-state index in [-0.39, 0.29) is 13.2 Å². The van der Waals surface area contributed by atoms with Crippen LogP contribution in [-0.2, 0) is 18.9 Å². The van der Waals surface area contributed by atoms with Crippen LogP contribution in [-0.4, -0.2) is 39.7 Å². The largest absolute Gasteiger partial charge is 0.508 e. The fourth-order valence-electron chi connectivity index (χ4n) is 1.44. The van der Waals surface area contributed by atoms with Gasteiger partial charge in [0.2, 0.25) is 0 Å². The molecule has 0 spiro atoms. The summed E-state index contributed by atoms with van der Waals surface area (Å²) in [6.45, 7) is 0.304. The van der Waals surface area contributed by atoms with Crippen molar-refractivity contribution in [3.63, 3.8) is 0 Å². The van der Waals surface area contributed by atoms with Crippen molar-refractivity contribution in [1.82, 2.24) is 0 Å². The van der Waals surface area contributed by atoms with E-state index in [1.165, 1.54) is 14.2 Å². The van der Waals surface area contributed by atoms with E-state index in [4.69, 9.17) is 9.47 Å². The van der Waals surface area contributed by atoms with E-state index >= 15 is 0 Å². The summed E-state index contributed by atoms with van der Waals surface area (Å²) in [4.78, 5) is 21.5. The Morgan fingerprint density at radius 1 is 0.818 bits per heavy atom. The Balaban J connectivity index is 2.39. The molecule has 0 fully saturated rings. The SMILES string of the molecule is COC(=O)OC/C=C/c1ccc(/C=C/COC(=O)OC)cc1. The van der Waals surface area contributed by atoms with Gasteiger partial charge in [0.1, 0.15) is 13.2 Å². The van der Waals surface area contributed by atoms with E-state index < -0.39 is 12.3 Å². The van der Waals surface area contributed by atoms with Gasteiger partial charge in [0.15, 0.2) is 0 Å². The van der Waals surface area contributed by atoms with Crippen LogP contribution >= 0.6 is 0 Å². The number of methoxy groups -OCH3 is 2. The van der Waals surface area contributed by atoms with Gasteiger partial charge in [-0.2, -0.15) is 0 Å². The van der Waals surface area contributed by atoms with Gasteiger partial charge in [-0.05, 0) is 23.3 Å². The zero-order valence-corrected chi connectivity index (χ0v) is 12.5. The van der Waals surface area contributed by atoms with Gasteiger partial charge >= 0.3 is 12.3 Å². The first-order chi connectivity index (χ1) is 10.7. The van der Waals surface area contributed by atoms with Crippen molar-refractivity contribution in [3.8, 4) is 0 Å². The molecule has 0 radical (unpaired) electrons. The molecule has 118 valence electrons. The lowest BCUT2D eigenvalue weighted by Gasteiger charge is -1.99. The molecular formula is C16H18O6. The zero-order chi connectivity index (χ0) is 16.2. The summed E-state index contributed by atoms with van der Waals surface area (Å²) >= 11 is 0. The molecule has 0 aliphatic rings. The summed E-state index contributed by atoms with van der Waals surface area (Å²) in [6.07, 6.45) is 5.67.